The van der Waals surface area contributed by atoms with Crippen molar-refractivity contribution in [2.45, 2.75) is 38.1 Å². The smallest absolute Gasteiger partial charge is 0.228 e. The first-order chi connectivity index (χ1) is 10.1. The fourth-order valence-electron chi connectivity index (χ4n) is 2.84. The summed E-state index contributed by atoms with van der Waals surface area (Å²) in [5.74, 6) is 1.00. The summed E-state index contributed by atoms with van der Waals surface area (Å²) in [5.41, 5.74) is 6.83. The van der Waals surface area contributed by atoms with E-state index in [0.717, 1.165) is 0 Å². The molecule has 1 fully saturated rings. The molecular weight excluding hydrogens is 293 g/mol. The average molecular weight is 310 g/mol. The molecule has 6 heteroatoms. The third kappa shape index (κ3) is 3.24. The van der Waals surface area contributed by atoms with Crippen LogP contribution < -0.4 is 5.73 Å². The molecule has 112 valence electrons. The van der Waals surface area contributed by atoms with Crippen LogP contribution in [-0.4, -0.2) is 16.2 Å². The van der Waals surface area contributed by atoms with Gasteiger partial charge in [-0.25, -0.2) is 4.39 Å². The lowest BCUT2D eigenvalue weighted by molar-refractivity contribution is 0.341. The summed E-state index contributed by atoms with van der Waals surface area (Å²) in [6.45, 7) is 0. The molecule has 2 N–H and O–H groups in total. The van der Waals surface area contributed by atoms with E-state index in [-0.39, 0.29) is 11.1 Å². The lowest BCUT2D eigenvalue weighted by atomic mass is 9.96. The molecule has 1 aromatic carbocycles. The van der Waals surface area contributed by atoms with E-state index in [1.165, 1.54) is 37.8 Å². The maximum absolute atomic E-state index is 13.2. The van der Waals surface area contributed by atoms with E-state index in [0.29, 0.717) is 29.6 Å². The van der Waals surface area contributed by atoms with Gasteiger partial charge in [0.15, 0.2) is 0 Å². The van der Waals surface area contributed by atoms with Crippen LogP contribution in [0.15, 0.2) is 22.7 Å². The van der Waals surface area contributed by atoms with Crippen LogP contribution >= 0.6 is 11.6 Å². The number of rotatable bonds is 4. The molecule has 3 rings (SSSR count). The summed E-state index contributed by atoms with van der Waals surface area (Å²) < 4.78 is 18.4. The molecule has 2 aromatic rings. The van der Waals surface area contributed by atoms with Crippen LogP contribution in [0.2, 0.25) is 5.02 Å². The van der Waals surface area contributed by atoms with Gasteiger partial charge in [-0.1, -0.05) is 29.6 Å². The third-order valence-electron chi connectivity index (χ3n) is 4.06. The quantitative estimate of drug-likeness (QED) is 0.937. The first kappa shape index (κ1) is 14.5. The van der Waals surface area contributed by atoms with Crippen LogP contribution in [0.4, 0.5) is 4.39 Å². The van der Waals surface area contributed by atoms with E-state index in [1.807, 2.05) is 0 Å². The zero-order valence-electron chi connectivity index (χ0n) is 11.6. The monoisotopic (exact) mass is 309 g/mol. The predicted molar refractivity (Wildman–Crippen MR) is 78.3 cm³/mol. The Morgan fingerprint density at radius 3 is 2.86 bits per heavy atom. The minimum atomic E-state index is -0.465. The van der Waals surface area contributed by atoms with Crippen LogP contribution in [-0.2, 0) is 6.42 Å². The van der Waals surface area contributed by atoms with Crippen LogP contribution in [0.3, 0.4) is 0 Å². The maximum atomic E-state index is 13.2. The molecule has 0 amide bonds. The van der Waals surface area contributed by atoms with Gasteiger partial charge in [0.25, 0.3) is 0 Å². The average Bonchev–Trinajstić information content (AvgIpc) is 3.12. The highest BCUT2D eigenvalue weighted by Gasteiger charge is 2.24. The number of benzene rings is 1. The zero-order valence-corrected chi connectivity index (χ0v) is 12.3. The minimum Gasteiger partial charge on any atom is -0.339 e. The van der Waals surface area contributed by atoms with Gasteiger partial charge in [0, 0.05) is 18.0 Å². The van der Waals surface area contributed by atoms with E-state index in [2.05, 4.69) is 10.1 Å². The second kappa shape index (κ2) is 6.12. The number of nitrogens with zero attached hydrogens (tertiary/aromatic N) is 2. The summed E-state index contributed by atoms with van der Waals surface area (Å²) in [4.78, 5) is 4.32. The molecule has 1 saturated carbocycles. The van der Waals surface area contributed by atoms with Crippen LogP contribution in [0, 0.1) is 11.7 Å². The minimum absolute atomic E-state index is 0.0431. The molecule has 0 radical (unpaired) electrons. The first-order valence-corrected chi connectivity index (χ1v) is 7.55. The Kier molecular flexibility index (Phi) is 4.22. The molecule has 1 aromatic heterocycles. The van der Waals surface area contributed by atoms with Crippen LogP contribution in [0.5, 0.6) is 0 Å². The Morgan fingerprint density at radius 2 is 2.14 bits per heavy atom. The molecule has 0 aliphatic heterocycles. The highest BCUT2D eigenvalue weighted by molar-refractivity contribution is 6.31. The molecule has 0 saturated heterocycles. The van der Waals surface area contributed by atoms with E-state index in [9.17, 15) is 4.39 Å². The molecule has 21 heavy (non-hydrogen) atoms. The predicted octanol–water partition coefficient (Wildman–Crippen LogP) is 3.59. The van der Waals surface area contributed by atoms with Gasteiger partial charge in [-0.3, -0.25) is 0 Å². The number of hydrogen-bond donors (Lipinski definition) is 1. The highest BCUT2D eigenvalue weighted by atomic mass is 35.5. The van der Waals surface area contributed by atoms with Crippen molar-refractivity contribution in [3.8, 4) is 11.4 Å². The largest absolute Gasteiger partial charge is 0.339 e. The van der Waals surface area contributed by atoms with E-state index in [1.54, 1.807) is 6.07 Å². The second-order valence-electron chi connectivity index (χ2n) is 5.55. The number of halogens is 2. The molecule has 1 aliphatic rings. The molecule has 1 heterocycles. The van der Waals surface area contributed by atoms with Crippen molar-refractivity contribution in [1.82, 2.24) is 10.1 Å². The van der Waals surface area contributed by atoms with E-state index in [4.69, 9.17) is 21.9 Å². The summed E-state index contributed by atoms with van der Waals surface area (Å²) >= 11 is 5.76. The van der Waals surface area contributed by atoms with Crippen molar-refractivity contribution in [2.75, 3.05) is 0 Å². The van der Waals surface area contributed by atoms with Gasteiger partial charge >= 0.3 is 0 Å². The van der Waals surface area contributed by atoms with Crippen LogP contribution in [0.1, 0.15) is 31.6 Å². The van der Waals surface area contributed by atoms with Crippen molar-refractivity contribution in [2.24, 2.45) is 11.7 Å². The molecule has 0 spiro atoms. The summed E-state index contributed by atoms with van der Waals surface area (Å²) in [7, 11) is 0. The van der Waals surface area contributed by atoms with Crippen LogP contribution in [0.25, 0.3) is 11.4 Å². The van der Waals surface area contributed by atoms with Gasteiger partial charge in [0.2, 0.25) is 11.7 Å². The zero-order chi connectivity index (χ0) is 14.8. The Bertz CT molecular complexity index is 625. The third-order valence-corrected chi connectivity index (χ3v) is 4.35. The summed E-state index contributed by atoms with van der Waals surface area (Å²) in [6.07, 6.45) is 5.43. The normalized spacial score (nSPS) is 17.3. The molecule has 0 bridgehead atoms. The number of hydrogen-bond acceptors (Lipinski definition) is 4. The first-order valence-electron chi connectivity index (χ1n) is 7.17. The van der Waals surface area contributed by atoms with Gasteiger partial charge in [0.1, 0.15) is 5.82 Å². The second-order valence-corrected chi connectivity index (χ2v) is 5.96. The summed E-state index contributed by atoms with van der Waals surface area (Å²) in [5, 5.41) is 3.96. The van der Waals surface area contributed by atoms with Crippen molar-refractivity contribution in [1.29, 1.82) is 0 Å². The fourth-order valence-corrected chi connectivity index (χ4v) is 3.02. The molecule has 1 unspecified atom stereocenters. The topological polar surface area (TPSA) is 64.9 Å². The standard InChI is InChI=1S/C15H17ClFN3O/c16-11-7-10(5-6-12(11)17)15-19-14(21-20-15)8-13(18)9-3-1-2-4-9/h5-7,9,13H,1-4,8,18H2. The van der Waals surface area contributed by atoms with Crippen molar-refractivity contribution in [3.05, 3.63) is 34.9 Å². The fraction of sp³-hybridized carbons (Fsp3) is 0.467. The number of nitrogens with two attached hydrogens (primary N) is 1. The SMILES string of the molecule is NC(Cc1nc(-c2ccc(F)c(Cl)c2)no1)C1CCCC1. The van der Waals surface area contributed by atoms with Gasteiger partial charge in [0.05, 0.1) is 5.02 Å². The lowest BCUT2D eigenvalue weighted by Gasteiger charge is -2.16. The van der Waals surface area contributed by atoms with Gasteiger partial charge in [-0.15, -0.1) is 0 Å². The lowest BCUT2D eigenvalue weighted by Crippen LogP contribution is -2.30. The molecular formula is C15H17ClFN3O. The van der Waals surface area contributed by atoms with Gasteiger partial charge in [-0.2, -0.15) is 4.98 Å². The van der Waals surface area contributed by atoms with Gasteiger partial charge < -0.3 is 10.3 Å². The summed E-state index contributed by atoms with van der Waals surface area (Å²) in [6, 6.07) is 4.41. The molecule has 1 atom stereocenters. The molecule has 1 aliphatic carbocycles. The Hall–Kier alpha value is -1.46. The Morgan fingerprint density at radius 1 is 1.38 bits per heavy atom. The van der Waals surface area contributed by atoms with E-state index >= 15 is 0 Å². The highest BCUT2D eigenvalue weighted by Crippen LogP contribution is 2.28. The van der Waals surface area contributed by atoms with E-state index < -0.39 is 5.82 Å². The van der Waals surface area contributed by atoms with Crippen molar-refractivity contribution < 1.29 is 8.91 Å². The maximum Gasteiger partial charge on any atom is 0.228 e. The molecule has 4 nitrogen and oxygen atoms in total. The Labute approximate surface area is 127 Å². The van der Waals surface area contributed by atoms with Crippen molar-refractivity contribution >= 4 is 11.6 Å². The Balaban J connectivity index is 1.72. The van der Waals surface area contributed by atoms with Gasteiger partial charge in [-0.05, 0) is 37.0 Å². The number of aromatic nitrogens is 2. The van der Waals surface area contributed by atoms with Crippen molar-refractivity contribution in [3.63, 3.8) is 0 Å².